The van der Waals surface area contributed by atoms with Crippen LogP contribution in [0.25, 0.3) is 0 Å². The molecule has 108 valence electrons. The van der Waals surface area contributed by atoms with E-state index in [0.717, 1.165) is 29.8 Å². The molecule has 3 heteroatoms. The minimum absolute atomic E-state index is 0.223. The van der Waals surface area contributed by atoms with Crippen LogP contribution in [0.15, 0.2) is 6.20 Å². The van der Waals surface area contributed by atoms with Crippen LogP contribution in [-0.2, 0) is 6.42 Å². The molecular weight excluding hydrogens is 236 g/mol. The van der Waals surface area contributed by atoms with Crippen molar-refractivity contribution >= 4 is 0 Å². The predicted octanol–water partition coefficient (Wildman–Crippen LogP) is 3.27. The van der Waals surface area contributed by atoms with Crippen molar-refractivity contribution in [2.45, 2.75) is 53.5 Å². The topological polar surface area (TPSA) is 34.2 Å². The maximum atomic E-state index is 5.48. The summed E-state index contributed by atoms with van der Waals surface area (Å²) in [6.07, 6.45) is 4.01. The lowest BCUT2D eigenvalue weighted by Gasteiger charge is -2.28. The van der Waals surface area contributed by atoms with Gasteiger partial charge in [-0.2, -0.15) is 0 Å². The Morgan fingerprint density at radius 2 is 2.00 bits per heavy atom. The molecule has 1 N–H and O–H groups in total. The van der Waals surface area contributed by atoms with Gasteiger partial charge in [-0.1, -0.05) is 13.8 Å². The zero-order valence-electron chi connectivity index (χ0n) is 13.4. The fraction of sp³-hybridized carbons (Fsp3) is 0.688. The molecule has 0 bridgehead atoms. The Balaban J connectivity index is 2.93. The first-order valence-corrected chi connectivity index (χ1v) is 6.97. The van der Waals surface area contributed by atoms with Crippen molar-refractivity contribution in [1.82, 2.24) is 10.3 Å². The molecule has 0 aliphatic rings. The highest BCUT2D eigenvalue weighted by atomic mass is 16.5. The van der Waals surface area contributed by atoms with Crippen molar-refractivity contribution < 1.29 is 4.74 Å². The summed E-state index contributed by atoms with van der Waals surface area (Å²) in [5, 5.41) is 3.31. The van der Waals surface area contributed by atoms with Gasteiger partial charge in [0.05, 0.1) is 7.11 Å². The summed E-state index contributed by atoms with van der Waals surface area (Å²) >= 11 is 0. The zero-order valence-corrected chi connectivity index (χ0v) is 13.4. The minimum atomic E-state index is 0.223. The van der Waals surface area contributed by atoms with Crippen molar-refractivity contribution in [3.63, 3.8) is 0 Å². The lowest BCUT2D eigenvalue weighted by Crippen LogP contribution is -2.30. The van der Waals surface area contributed by atoms with Gasteiger partial charge in [-0.15, -0.1) is 0 Å². The Kier molecular flexibility index (Phi) is 5.36. The SMILES string of the molecule is CNC(C)CC(C)(C)Cc1ncc(C)c(OC)c1C. The van der Waals surface area contributed by atoms with Crippen molar-refractivity contribution in [3.05, 3.63) is 23.0 Å². The van der Waals surface area contributed by atoms with E-state index in [1.54, 1.807) is 7.11 Å². The largest absolute Gasteiger partial charge is 0.496 e. The van der Waals surface area contributed by atoms with Crippen LogP contribution < -0.4 is 10.1 Å². The summed E-state index contributed by atoms with van der Waals surface area (Å²) in [6, 6.07) is 0.516. The highest BCUT2D eigenvalue weighted by Crippen LogP contribution is 2.31. The average Bonchev–Trinajstić information content (AvgIpc) is 2.33. The van der Waals surface area contributed by atoms with Crippen LogP contribution in [0.3, 0.4) is 0 Å². The van der Waals surface area contributed by atoms with E-state index >= 15 is 0 Å². The number of hydrogen-bond acceptors (Lipinski definition) is 3. The molecule has 19 heavy (non-hydrogen) atoms. The molecule has 0 saturated heterocycles. The molecule has 3 nitrogen and oxygen atoms in total. The summed E-state index contributed by atoms with van der Waals surface area (Å²) < 4.78 is 5.48. The lowest BCUT2D eigenvalue weighted by atomic mass is 9.81. The van der Waals surface area contributed by atoms with E-state index in [1.165, 1.54) is 5.56 Å². The number of aromatic nitrogens is 1. The number of ether oxygens (including phenoxy) is 1. The number of nitrogens with one attached hydrogen (secondary N) is 1. The van der Waals surface area contributed by atoms with Crippen LogP contribution in [0.1, 0.15) is 44.0 Å². The summed E-state index contributed by atoms with van der Waals surface area (Å²) in [4.78, 5) is 4.60. The molecule has 0 aliphatic heterocycles. The van der Waals surface area contributed by atoms with Gasteiger partial charge in [0, 0.05) is 29.1 Å². The second kappa shape index (κ2) is 6.38. The first-order chi connectivity index (χ1) is 8.80. The fourth-order valence-corrected chi connectivity index (χ4v) is 2.71. The molecule has 1 aromatic heterocycles. The monoisotopic (exact) mass is 264 g/mol. The molecule has 1 heterocycles. The molecule has 0 aromatic carbocycles. The van der Waals surface area contributed by atoms with Gasteiger partial charge in [0.15, 0.2) is 0 Å². The van der Waals surface area contributed by atoms with Gasteiger partial charge in [0.1, 0.15) is 5.75 Å². The fourth-order valence-electron chi connectivity index (χ4n) is 2.71. The number of hydrogen-bond donors (Lipinski definition) is 1. The summed E-state index contributed by atoms with van der Waals surface area (Å²) in [7, 11) is 3.74. The Hall–Kier alpha value is -1.09. The molecule has 0 aliphatic carbocycles. The third kappa shape index (κ3) is 4.20. The second-order valence-electron chi connectivity index (χ2n) is 6.28. The van der Waals surface area contributed by atoms with E-state index < -0.39 is 0 Å². The number of aryl methyl sites for hydroxylation is 1. The van der Waals surface area contributed by atoms with Crippen LogP contribution in [-0.4, -0.2) is 25.2 Å². The van der Waals surface area contributed by atoms with Crippen molar-refractivity contribution in [3.8, 4) is 5.75 Å². The highest BCUT2D eigenvalue weighted by molar-refractivity contribution is 5.41. The second-order valence-corrected chi connectivity index (χ2v) is 6.28. The third-order valence-electron chi connectivity index (χ3n) is 3.75. The molecule has 1 atom stereocenters. The maximum absolute atomic E-state index is 5.48. The molecule has 1 rings (SSSR count). The Morgan fingerprint density at radius 1 is 1.37 bits per heavy atom. The lowest BCUT2D eigenvalue weighted by molar-refractivity contribution is 0.289. The van der Waals surface area contributed by atoms with Gasteiger partial charge in [-0.3, -0.25) is 4.98 Å². The Morgan fingerprint density at radius 3 is 2.53 bits per heavy atom. The first-order valence-electron chi connectivity index (χ1n) is 6.97. The molecule has 0 radical (unpaired) electrons. The van der Waals surface area contributed by atoms with E-state index in [4.69, 9.17) is 4.74 Å². The van der Waals surface area contributed by atoms with Crippen LogP contribution >= 0.6 is 0 Å². The van der Waals surface area contributed by atoms with Crippen LogP contribution in [0.5, 0.6) is 5.75 Å². The maximum Gasteiger partial charge on any atom is 0.128 e. The quantitative estimate of drug-likeness (QED) is 0.856. The van der Waals surface area contributed by atoms with E-state index in [-0.39, 0.29) is 5.41 Å². The average molecular weight is 264 g/mol. The molecule has 0 fully saturated rings. The van der Waals surface area contributed by atoms with Gasteiger partial charge in [0.2, 0.25) is 0 Å². The van der Waals surface area contributed by atoms with Crippen LogP contribution in [0.2, 0.25) is 0 Å². The molecular formula is C16H28N2O. The van der Waals surface area contributed by atoms with Crippen molar-refractivity contribution in [1.29, 1.82) is 0 Å². The Bertz CT molecular complexity index is 427. The van der Waals surface area contributed by atoms with Gasteiger partial charge in [0.25, 0.3) is 0 Å². The standard InChI is InChI=1S/C16H28N2O/c1-11-10-18-14(13(3)15(11)19-7)9-16(4,5)8-12(2)17-6/h10,12,17H,8-9H2,1-7H3. The van der Waals surface area contributed by atoms with Gasteiger partial charge < -0.3 is 10.1 Å². The van der Waals surface area contributed by atoms with Gasteiger partial charge >= 0.3 is 0 Å². The van der Waals surface area contributed by atoms with E-state index in [9.17, 15) is 0 Å². The van der Waals surface area contributed by atoms with Crippen molar-refractivity contribution in [2.24, 2.45) is 5.41 Å². The van der Waals surface area contributed by atoms with Crippen LogP contribution in [0, 0.1) is 19.3 Å². The molecule has 1 aromatic rings. The zero-order chi connectivity index (χ0) is 14.6. The van der Waals surface area contributed by atoms with Crippen LogP contribution in [0.4, 0.5) is 0 Å². The summed E-state index contributed by atoms with van der Waals surface area (Å²) in [6.45, 7) is 11.0. The number of methoxy groups -OCH3 is 1. The third-order valence-corrected chi connectivity index (χ3v) is 3.75. The smallest absolute Gasteiger partial charge is 0.128 e. The normalized spacial score (nSPS) is 13.4. The van der Waals surface area contributed by atoms with Gasteiger partial charge in [-0.25, -0.2) is 0 Å². The van der Waals surface area contributed by atoms with Crippen molar-refractivity contribution in [2.75, 3.05) is 14.2 Å². The molecule has 0 saturated carbocycles. The van der Waals surface area contributed by atoms with E-state index in [2.05, 4.69) is 38.0 Å². The number of rotatable bonds is 6. The molecule has 0 amide bonds. The molecule has 0 spiro atoms. The molecule has 1 unspecified atom stereocenters. The number of pyridine rings is 1. The highest BCUT2D eigenvalue weighted by Gasteiger charge is 2.23. The van der Waals surface area contributed by atoms with E-state index in [1.807, 2.05) is 20.2 Å². The summed E-state index contributed by atoms with van der Waals surface area (Å²) in [5.41, 5.74) is 3.65. The van der Waals surface area contributed by atoms with E-state index in [0.29, 0.717) is 6.04 Å². The summed E-state index contributed by atoms with van der Waals surface area (Å²) in [5.74, 6) is 0.975. The predicted molar refractivity (Wildman–Crippen MR) is 80.9 cm³/mol. The first kappa shape index (κ1) is 16.0. The van der Waals surface area contributed by atoms with Gasteiger partial charge in [-0.05, 0) is 46.1 Å². The Labute approximate surface area is 117 Å². The number of nitrogens with zero attached hydrogens (tertiary/aromatic N) is 1. The minimum Gasteiger partial charge on any atom is -0.496 e.